The predicted molar refractivity (Wildman–Crippen MR) is 78.3 cm³/mol. The van der Waals surface area contributed by atoms with Crippen molar-refractivity contribution in [3.63, 3.8) is 0 Å². The summed E-state index contributed by atoms with van der Waals surface area (Å²) in [5, 5.41) is 3.59. The highest BCUT2D eigenvalue weighted by atomic mass is 32.2. The maximum absolute atomic E-state index is 12.7. The molecule has 2 aliphatic rings. The Labute approximate surface area is 118 Å². The van der Waals surface area contributed by atoms with Gasteiger partial charge in [-0.2, -0.15) is 0 Å². The normalized spacial score (nSPS) is 27.4. The van der Waals surface area contributed by atoms with Crippen LogP contribution in [0.3, 0.4) is 0 Å². The summed E-state index contributed by atoms with van der Waals surface area (Å²) in [4.78, 5) is 14.6. The van der Waals surface area contributed by atoms with Crippen LogP contribution < -0.4 is 5.32 Å². The van der Waals surface area contributed by atoms with E-state index in [4.69, 9.17) is 0 Å². The molecule has 0 aromatic heterocycles. The maximum atomic E-state index is 12.7. The van der Waals surface area contributed by atoms with E-state index >= 15 is 0 Å². The van der Waals surface area contributed by atoms with E-state index in [1.54, 1.807) is 0 Å². The Morgan fingerprint density at radius 2 is 2.05 bits per heavy atom. The molecule has 19 heavy (non-hydrogen) atoms. The molecular weight excluding hydrogens is 260 g/mol. The first-order chi connectivity index (χ1) is 9.13. The van der Waals surface area contributed by atoms with Crippen LogP contribution in [0.2, 0.25) is 0 Å². The molecule has 0 bridgehead atoms. The van der Waals surface area contributed by atoms with Gasteiger partial charge >= 0.3 is 0 Å². The molecule has 1 N–H and O–H groups in total. The number of nitrogens with zero attached hydrogens (tertiary/aromatic N) is 1. The lowest BCUT2D eigenvalue weighted by molar-refractivity contribution is -0.133. The quantitative estimate of drug-likeness (QED) is 0.807. The molecule has 0 radical (unpaired) electrons. The molecule has 2 fully saturated rings. The van der Waals surface area contributed by atoms with Crippen LogP contribution in [0.25, 0.3) is 0 Å². The third-order valence-electron chi connectivity index (χ3n) is 4.39. The largest absolute Gasteiger partial charge is 0.325 e. The Kier molecular flexibility index (Phi) is 5.01. The molecule has 1 saturated heterocycles. The Balaban J connectivity index is 2.05. The number of rotatable bonds is 6. The smallest absolute Gasteiger partial charge is 0.244 e. The summed E-state index contributed by atoms with van der Waals surface area (Å²) in [5.41, 5.74) is -0.284. The van der Waals surface area contributed by atoms with Crippen LogP contribution in [0.4, 0.5) is 0 Å². The molecule has 4 nitrogen and oxygen atoms in total. The zero-order chi connectivity index (χ0) is 13.9. The van der Waals surface area contributed by atoms with Crippen LogP contribution in [0, 0.1) is 0 Å². The van der Waals surface area contributed by atoms with Gasteiger partial charge in [0.25, 0.3) is 0 Å². The summed E-state index contributed by atoms with van der Waals surface area (Å²) < 4.78 is 11.6. The number of carbonyl (C=O) groups is 1. The van der Waals surface area contributed by atoms with Crippen LogP contribution in [-0.2, 0) is 15.6 Å². The van der Waals surface area contributed by atoms with Gasteiger partial charge in [0.15, 0.2) is 0 Å². The second kappa shape index (κ2) is 6.35. The molecule has 1 spiro atoms. The highest BCUT2D eigenvalue weighted by Crippen LogP contribution is 2.37. The zero-order valence-electron chi connectivity index (χ0n) is 12.1. The van der Waals surface area contributed by atoms with Crippen molar-refractivity contribution in [2.75, 3.05) is 18.1 Å². The standard InChI is InChI=1S/C14H26N2O2S/c1-3-7-12-15-14(8-5-6-9-14)13(17)16(12)10-11-19(18)4-2/h12,15H,3-11H2,1-2H3. The average Bonchev–Trinajstić information content (AvgIpc) is 2.96. The first-order valence-corrected chi connectivity index (χ1v) is 9.05. The van der Waals surface area contributed by atoms with E-state index in [1.165, 1.54) is 0 Å². The van der Waals surface area contributed by atoms with Crippen molar-refractivity contribution in [1.29, 1.82) is 0 Å². The molecule has 1 saturated carbocycles. The van der Waals surface area contributed by atoms with Gasteiger partial charge in [0, 0.05) is 28.9 Å². The Morgan fingerprint density at radius 3 is 2.63 bits per heavy atom. The van der Waals surface area contributed by atoms with Gasteiger partial charge in [-0.05, 0) is 19.3 Å². The monoisotopic (exact) mass is 286 g/mol. The molecular formula is C14H26N2O2S. The van der Waals surface area contributed by atoms with E-state index < -0.39 is 10.8 Å². The molecule has 1 aliphatic carbocycles. The molecule has 0 aromatic carbocycles. The van der Waals surface area contributed by atoms with Crippen molar-refractivity contribution in [1.82, 2.24) is 10.2 Å². The van der Waals surface area contributed by atoms with Gasteiger partial charge in [0.05, 0.1) is 11.7 Å². The van der Waals surface area contributed by atoms with Gasteiger partial charge in [-0.1, -0.05) is 33.1 Å². The minimum Gasteiger partial charge on any atom is -0.325 e. The van der Waals surface area contributed by atoms with Gasteiger partial charge in [-0.3, -0.25) is 14.3 Å². The third kappa shape index (κ3) is 3.02. The second-order valence-electron chi connectivity index (χ2n) is 5.67. The topological polar surface area (TPSA) is 49.4 Å². The SMILES string of the molecule is CCCC1NC2(CCCC2)C(=O)N1CCS(=O)CC. The van der Waals surface area contributed by atoms with Crippen LogP contribution in [0.5, 0.6) is 0 Å². The highest BCUT2D eigenvalue weighted by Gasteiger charge is 2.51. The summed E-state index contributed by atoms with van der Waals surface area (Å²) in [6, 6.07) is 0. The minimum absolute atomic E-state index is 0.157. The van der Waals surface area contributed by atoms with Crippen LogP contribution in [-0.4, -0.2) is 44.8 Å². The Morgan fingerprint density at radius 1 is 1.37 bits per heavy atom. The number of hydrogen-bond donors (Lipinski definition) is 1. The van der Waals surface area contributed by atoms with Crippen molar-refractivity contribution in [3.05, 3.63) is 0 Å². The first kappa shape index (κ1) is 15.0. The van der Waals surface area contributed by atoms with Crippen molar-refractivity contribution in [2.24, 2.45) is 0 Å². The highest BCUT2D eigenvalue weighted by molar-refractivity contribution is 7.84. The van der Waals surface area contributed by atoms with Gasteiger partial charge in [0.2, 0.25) is 5.91 Å². The Bertz CT molecular complexity index is 353. The van der Waals surface area contributed by atoms with Crippen LogP contribution >= 0.6 is 0 Å². The fraction of sp³-hybridized carbons (Fsp3) is 0.929. The molecule has 2 unspecified atom stereocenters. The van der Waals surface area contributed by atoms with E-state index in [0.717, 1.165) is 38.5 Å². The third-order valence-corrected chi connectivity index (χ3v) is 5.67. The number of amides is 1. The van der Waals surface area contributed by atoms with Gasteiger partial charge in [-0.25, -0.2) is 0 Å². The second-order valence-corrected chi connectivity index (χ2v) is 7.53. The van der Waals surface area contributed by atoms with E-state index in [9.17, 15) is 9.00 Å². The summed E-state index contributed by atoms with van der Waals surface area (Å²) in [7, 11) is -0.792. The summed E-state index contributed by atoms with van der Waals surface area (Å²) in [6.45, 7) is 4.72. The van der Waals surface area contributed by atoms with Gasteiger partial charge < -0.3 is 4.90 Å². The molecule has 5 heteroatoms. The molecule has 2 atom stereocenters. The van der Waals surface area contributed by atoms with Crippen molar-refractivity contribution in [2.45, 2.75) is 64.1 Å². The lowest BCUT2D eigenvalue weighted by Gasteiger charge is -2.23. The van der Waals surface area contributed by atoms with E-state index in [2.05, 4.69) is 12.2 Å². The van der Waals surface area contributed by atoms with Crippen LogP contribution in [0.1, 0.15) is 52.4 Å². The fourth-order valence-electron chi connectivity index (χ4n) is 3.32. The lowest BCUT2D eigenvalue weighted by atomic mass is 9.98. The minimum atomic E-state index is -0.792. The molecule has 2 rings (SSSR count). The first-order valence-electron chi connectivity index (χ1n) is 7.56. The summed E-state index contributed by atoms with van der Waals surface area (Å²) >= 11 is 0. The van der Waals surface area contributed by atoms with Gasteiger partial charge in [-0.15, -0.1) is 0 Å². The zero-order valence-corrected chi connectivity index (χ0v) is 12.9. The van der Waals surface area contributed by atoms with Crippen molar-refractivity contribution < 1.29 is 9.00 Å². The van der Waals surface area contributed by atoms with E-state index in [-0.39, 0.29) is 17.6 Å². The number of hydrogen-bond acceptors (Lipinski definition) is 3. The summed E-state index contributed by atoms with van der Waals surface area (Å²) in [5.74, 6) is 1.55. The molecule has 1 aliphatic heterocycles. The molecule has 0 aromatic rings. The van der Waals surface area contributed by atoms with Crippen molar-refractivity contribution in [3.8, 4) is 0 Å². The van der Waals surface area contributed by atoms with E-state index in [1.807, 2.05) is 11.8 Å². The number of nitrogens with one attached hydrogen (secondary N) is 1. The van der Waals surface area contributed by atoms with E-state index in [0.29, 0.717) is 18.1 Å². The maximum Gasteiger partial charge on any atom is 0.244 e. The molecule has 110 valence electrons. The van der Waals surface area contributed by atoms with Crippen LogP contribution in [0.15, 0.2) is 0 Å². The Hall–Kier alpha value is -0.420. The fourth-order valence-corrected chi connectivity index (χ4v) is 4.00. The molecule has 1 amide bonds. The lowest BCUT2D eigenvalue weighted by Crippen LogP contribution is -2.44. The van der Waals surface area contributed by atoms with Gasteiger partial charge in [0.1, 0.15) is 0 Å². The summed E-state index contributed by atoms with van der Waals surface area (Å²) in [6.07, 6.45) is 6.45. The number of carbonyl (C=O) groups excluding carboxylic acids is 1. The predicted octanol–water partition coefficient (Wildman–Crippen LogP) is 1.63. The van der Waals surface area contributed by atoms with Crippen molar-refractivity contribution >= 4 is 16.7 Å². The molecule has 1 heterocycles. The average molecular weight is 286 g/mol.